The fourth-order valence-electron chi connectivity index (χ4n) is 3.47. The maximum atomic E-state index is 12.5. The Balaban J connectivity index is 1.23. The second-order valence-corrected chi connectivity index (χ2v) is 7.71. The maximum Gasteiger partial charge on any atom is 0.255 e. The van der Waals surface area contributed by atoms with E-state index in [1.807, 2.05) is 57.2 Å². The highest BCUT2D eigenvalue weighted by Crippen LogP contribution is 2.32. The molecule has 0 saturated carbocycles. The third-order valence-corrected chi connectivity index (χ3v) is 5.57. The second-order valence-electron chi connectivity index (χ2n) is 7.71. The molecule has 0 radical (unpaired) electrons. The number of rotatable bonds is 5. The van der Waals surface area contributed by atoms with Gasteiger partial charge in [0.05, 0.1) is 5.69 Å². The molecule has 0 unspecified atom stereocenters. The molecule has 1 aliphatic heterocycles. The van der Waals surface area contributed by atoms with E-state index < -0.39 is 0 Å². The Morgan fingerprint density at radius 3 is 2.36 bits per heavy atom. The minimum Gasteiger partial charge on any atom is -0.454 e. The minimum absolute atomic E-state index is 0.171. The number of benzene rings is 2. The van der Waals surface area contributed by atoms with Crippen molar-refractivity contribution < 1.29 is 14.3 Å². The molecule has 9 nitrogen and oxygen atoms in total. The molecule has 5 rings (SSSR count). The third-order valence-electron chi connectivity index (χ3n) is 5.57. The van der Waals surface area contributed by atoms with Crippen LogP contribution in [0.15, 0.2) is 54.6 Å². The highest BCUT2D eigenvalue weighted by molar-refractivity contribution is 6.04. The molecule has 1 aliphatic rings. The van der Waals surface area contributed by atoms with E-state index in [-0.39, 0.29) is 12.7 Å². The zero-order valence-corrected chi connectivity index (χ0v) is 18.4. The zero-order valence-electron chi connectivity index (χ0n) is 18.4. The monoisotopic (exact) mass is 442 g/mol. The Labute approximate surface area is 190 Å². The van der Waals surface area contributed by atoms with Gasteiger partial charge in [0.15, 0.2) is 23.1 Å². The summed E-state index contributed by atoms with van der Waals surface area (Å²) in [6.45, 7) is 6.20. The molecule has 0 atom stereocenters. The Morgan fingerprint density at radius 1 is 0.909 bits per heavy atom. The van der Waals surface area contributed by atoms with Gasteiger partial charge in [0.2, 0.25) is 6.79 Å². The molecular formula is C24H22N6O3. The molecule has 0 bridgehead atoms. The zero-order chi connectivity index (χ0) is 22.9. The Kier molecular flexibility index (Phi) is 5.14. The summed E-state index contributed by atoms with van der Waals surface area (Å²) < 4.78 is 12.4. The van der Waals surface area contributed by atoms with Crippen LogP contribution in [0.4, 0.5) is 17.2 Å². The minimum atomic E-state index is -0.227. The number of fused-ring (bicyclic) bond motifs is 1. The van der Waals surface area contributed by atoms with Crippen LogP contribution in [0.3, 0.4) is 0 Å². The van der Waals surface area contributed by atoms with Crippen molar-refractivity contribution >= 4 is 23.1 Å². The standard InChI is InChI=1S/C24H22N6O3/c1-14-15(2)29-30(16(14)3)23-11-10-22(27-28-23)25-18-5-7-19(8-6-18)26-24(31)17-4-9-20-21(12-17)33-13-32-20/h4-12H,13H2,1-3H3,(H,25,27)(H,26,31). The van der Waals surface area contributed by atoms with Gasteiger partial charge in [0, 0.05) is 22.6 Å². The van der Waals surface area contributed by atoms with E-state index >= 15 is 0 Å². The lowest BCUT2D eigenvalue weighted by atomic mass is 10.2. The van der Waals surface area contributed by atoms with Gasteiger partial charge < -0.3 is 20.1 Å². The van der Waals surface area contributed by atoms with Crippen molar-refractivity contribution in [2.45, 2.75) is 20.8 Å². The first-order valence-electron chi connectivity index (χ1n) is 10.4. The van der Waals surface area contributed by atoms with Gasteiger partial charge in [-0.15, -0.1) is 10.2 Å². The van der Waals surface area contributed by atoms with Crippen molar-refractivity contribution in [1.29, 1.82) is 0 Å². The van der Waals surface area contributed by atoms with Crippen molar-refractivity contribution in [3.05, 3.63) is 77.1 Å². The fourth-order valence-corrected chi connectivity index (χ4v) is 3.47. The van der Waals surface area contributed by atoms with Crippen LogP contribution < -0.4 is 20.1 Å². The molecule has 1 amide bonds. The van der Waals surface area contributed by atoms with E-state index in [9.17, 15) is 4.79 Å². The number of carbonyl (C=O) groups is 1. The summed E-state index contributed by atoms with van der Waals surface area (Å²) in [4.78, 5) is 12.5. The molecular weight excluding hydrogens is 420 g/mol. The molecule has 0 saturated heterocycles. The van der Waals surface area contributed by atoms with Gasteiger partial charge in [-0.3, -0.25) is 4.79 Å². The number of carbonyl (C=O) groups excluding carboxylic acids is 1. The summed E-state index contributed by atoms with van der Waals surface area (Å²) in [5, 5.41) is 19.1. The Bertz CT molecular complexity index is 1330. The van der Waals surface area contributed by atoms with Crippen LogP contribution in [0, 0.1) is 20.8 Å². The predicted molar refractivity (Wildman–Crippen MR) is 124 cm³/mol. The number of ether oxygens (including phenoxy) is 2. The average Bonchev–Trinajstić information content (AvgIpc) is 3.40. The molecule has 9 heteroatoms. The fraction of sp³-hybridized carbons (Fsp3) is 0.167. The first-order chi connectivity index (χ1) is 16.0. The van der Waals surface area contributed by atoms with E-state index in [0.29, 0.717) is 34.4 Å². The summed E-state index contributed by atoms with van der Waals surface area (Å²) in [5.41, 5.74) is 5.15. The predicted octanol–water partition coefficient (Wildman–Crippen LogP) is 4.31. The summed E-state index contributed by atoms with van der Waals surface area (Å²) in [6.07, 6.45) is 0. The number of amides is 1. The quantitative estimate of drug-likeness (QED) is 0.475. The van der Waals surface area contributed by atoms with E-state index in [1.165, 1.54) is 0 Å². The van der Waals surface area contributed by atoms with E-state index in [0.717, 1.165) is 22.6 Å². The number of aryl methyl sites for hydroxylation is 1. The van der Waals surface area contributed by atoms with Gasteiger partial charge in [-0.2, -0.15) is 5.10 Å². The van der Waals surface area contributed by atoms with Crippen LogP contribution in [0.1, 0.15) is 27.3 Å². The smallest absolute Gasteiger partial charge is 0.255 e. The van der Waals surface area contributed by atoms with Crippen molar-refractivity contribution in [2.24, 2.45) is 0 Å². The van der Waals surface area contributed by atoms with E-state index in [2.05, 4.69) is 25.9 Å². The largest absolute Gasteiger partial charge is 0.454 e. The molecule has 4 aromatic rings. The number of aromatic nitrogens is 4. The topological polar surface area (TPSA) is 103 Å². The molecule has 2 N–H and O–H groups in total. The van der Waals surface area contributed by atoms with E-state index in [4.69, 9.17) is 9.47 Å². The normalized spacial score (nSPS) is 12.0. The van der Waals surface area contributed by atoms with Gasteiger partial charge in [0.1, 0.15) is 0 Å². The third kappa shape index (κ3) is 4.08. The van der Waals surface area contributed by atoms with Crippen molar-refractivity contribution in [3.8, 4) is 17.3 Å². The molecule has 0 fully saturated rings. The molecule has 2 aromatic heterocycles. The van der Waals surface area contributed by atoms with Crippen LogP contribution in [0.25, 0.3) is 5.82 Å². The van der Waals surface area contributed by atoms with Crippen LogP contribution in [0.2, 0.25) is 0 Å². The second kappa shape index (κ2) is 8.27. The number of anilines is 3. The van der Waals surface area contributed by atoms with Gasteiger partial charge >= 0.3 is 0 Å². The lowest BCUT2D eigenvalue weighted by Crippen LogP contribution is -2.11. The molecule has 3 heterocycles. The first kappa shape index (κ1) is 20.5. The van der Waals surface area contributed by atoms with Crippen LogP contribution in [-0.4, -0.2) is 32.7 Å². The number of hydrogen-bond acceptors (Lipinski definition) is 7. The summed E-state index contributed by atoms with van der Waals surface area (Å²) in [7, 11) is 0. The van der Waals surface area contributed by atoms with Crippen LogP contribution >= 0.6 is 0 Å². The van der Waals surface area contributed by atoms with Crippen LogP contribution in [0.5, 0.6) is 11.5 Å². The average molecular weight is 442 g/mol. The Hall–Kier alpha value is -4.40. The first-order valence-corrected chi connectivity index (χ1v) is 10.4. The molecule has 0 spiro atoms. The van der Waals surface area contributed by atoms with Crippen LogP contribution in [-0.2, 0) is 0 Å². The summed E-state index contributed by atoms with van der Waals surface area (Å²) in [5.74, 6) is 2.25. The van der Waals surface area contributed by atoms with E-state index in [1.54, 1.807) is 22.9 Å². The molecule has 166 valence electrons. The van der Waals surface area contributed by atoms with Gasteiger partial charge in [-0.25, -0.2) is 4.68 Å². The summed E-state index contributed by atoms with van der Waals surface area (Å²) in [6, 6.07) is 16.2. The van der Waals surface area contributed by atoms with Gasteiger partial charge in [-0.1, -0.05) is 0 Å². The van der Waals surface area contributed by atoms with Gasteiger partial charge in [0.25, 0.3) is 5.91 Å². The molecule has 33 heavy (non-hydrogen) atoms. The number of nitrogens with zero attached hydrogens (tertiary/aromatic N) is 4. The highest BCUT2D eigenvalue weighted by Gasteiger charge is 2.16. The van der Waals surface area contributed by atoms with Crippen molar-refractivity contribution in [2.75, 3.05) is 17.4 Å². The lowest BCUT2D eigenvalue weighted by Gasteiger charge is -2.09. The number of nitrogens with one attached hydrogen (secondary N) is 2. The maximum absolute atomic E-state index is 12.5. The lowest BCUT2D eigenvalue weighted by molar-refractivity contribution is 0.102. The molecule has 0 aliphatic carbocycles. The van der Waals surface area contributed by atoms with Crippen molar-refractivity contribution in [3.63, 3.8) is 0 Å². The number of hydrogen-bond donors (Lipinski definition) is 2. The van der Waals surface area contributed by atoms with Crippen molar-refractivity contribution in [1.82, 2.24) is 20.0 Å². The SMILES string of the molecule is Cc1nn(-c2ccc(Nc3ccc(NC(=O)c4ccc5c(c4)OCO5)cc3)nn2)c(C)c1C. The summed E-state index contributed by atoms with van der Waals surface area (Å²) >= 11 is 0. The highest BCUT2D eigenvalue weighted by atomic mass is 16.7. The Morgan fingerprint density at radius 2 is 1.67 bits per heavy atom. The van der Waals surface area contributed by atoms with Gasteiger partial charge in [-0.05, 0) is 80.9 Å². The molecule has 2 aromatic carbocycles.